The zero-order valence-corrected chi connectivity index (χ0v) is 9.38. The first-order valence-corrected chi connectivity index (χ1v) is 6.03. The van der Waals surface area contributed by atoms with Gasteiger partial charge in [0.05, 0.1) is 0 Å². The highest BCUT2D eigenvalue weighted by Gasteiger charge is 2.17. The molecule has 0 saturated heterocycles. The van der Waals surface area contributed by atoms with Crippen LogP contribution in [-0.2, 0) is 17.1 Å². The standard InChI is InChI=1S/C10H12N2O2S/c1-7-4-3-5-8-10(7)9(6-12(8)2)15(11,13)14/h3-6H,1-2H3,(H2,11,13,14). The predicted molar refractivity (Wildman–Crippen MR) is 59.0 cm³/mol. The molecule has 0 bridgehead atoms. The Bertz CT molecular complexity index is 626. The Morgan fingerprint density at radius 2 is 2.00 bits per heavy atom. The average molecular weight is 224 g/mol. The van der Waals surface area contributed by atoms with Crippen molar-refractivity contribution in [2.75, 3.05) is 0 Å². The van der Waals surface area contributed by atoms with Crippen LogP contribution in [0.15, 0.2) is 29.3 Å². The lowest BCUT2D eigenvalue weighted by molar-refractivity contribution is 0.598. The predicted octanol–water partition coefficient (Wildman–Crippen LogP) is 1.13. The van der Waals surface area contributed by atoms with Crippen LogP contribution in [0.2, 0.25) is 0 Å². The maximum absolute atomic E-state index is 11.4. The van der Waals surface area contributed by atoms with Crippen LogP contribution >= 0.6 is 0 Å². The molecular formula is C10H12N2O2S. The number of rotatable bonds is 1. The molecule has 0 aliphatic rings. The Balaban J connectivity index is 3.01. The van der Waals surface area contributed by atoms with Crippen molar-refractivity contribution in [2.24, 2.45) is 12.2 Å². The molecule has 5 heteroatoms. The molecule has 0 atom stereocenters. The van der Waals surface area contributed by atoms with Gasteiger partial charge in [0.15, 0.2) is 0 Å². The number of hydrogen-bond donors (Lipinski definition) is 1. The molecule has 2 N–H and O–H groups in total. The number of aryl methyl sites for hydroxylation is 2. The van der Waals surface area contributed by atoms with E-state index >= 15 is 0 Å². The summed E-state index contributed by atoms with van der Waals surface area (Å²) in [7, 11) is -1.85. The van der Waals surface area contributed by atoms with Crippen molar-refractivity contribution in [1.82, 2.24) is 4.57 Å². The highest BCUT2D eigenvalue weighted by atomic mass is 32.2. The van der Waals surface area contributed by atoms with Gasteiger partial charge in [0.2, 0.25) is 10.0 Å². The second kappa shape index (κ2) is 3.08. The Morgan fingerprint density at radius 3 is 2.60 bits per heavy atom. The van der Waals surface area contributed by atoms with Crippen LogP contribution in [-0.4, -0.2) is 13.0 Å². The van der Waals surface area contributed by atoms with Gasteiger partial charge in [-0.2, -0.15) is 0 Å². The van der Waals surface area contributed by atoms with Crippen molar-refractivity contribution in [3.8, 4) is 0 Å². The number of sulfonamides is 1. The third-order valence-corrected chi connectivity index (χ3v) is 3.42. The highest BCUT2D eigenvalue weighted by molar-refractivity contribution is 7.89. The van der Waals surface area contributed by atoms with Gasteiger partial charge in [-0.3, -0.25) is 0 Å². The van der Waals surface area contributed by atoms with Crippen molar-refractivity contribution >= 4 is 20.9 Å². The molecule has 0 fully saturated rings. The SMILES string of the molecule is Cc1cccc2c1c(S(N)(=O)=O)cn2C. The van der Waals surface area contributed by atoms with Crippen molar-refractivity contribution in [3.05, 3.63) is 30.0 Å². The van der Waals surface area contributed by atoms with Gasteiger partial charge < -0.3 is 4.57 Å². The summed E-state index contributed by atoms with van der Waals surface area (Å²) in [4.78, 5) is 0.193. The second-order valence-electron chi connectivity index (χ2n) is 3.62. The van der Waals surface area contributed by atoms with Gasteiger partial charge in [0.1, 0.15) is 4.90 Å². The molecule has 1 aromatic heterocycles. The van der Waals surface area contributed by atoms with E-state index in [1.54, 1.807) is 17.8 Å². The fourth-order valence-electron chi connectivity index (χ4n) is 1.79. The number of nitrogens with two attached hydrogens (primary N) is 1. The highest BCUT2D eigenvalue weighted by Crippen LogP contribution is 2.26. The van der Waals surface area contributed by atoms with Crippen molar-refractivity contribution in [2.45, 2.75) is 11.8 Å². The molecule has 0 aliphatic heterocycles. The summed E-state index contributed by atoms with van der Waals surface area (Å²) >= 11 is 0. The van der Waals surface area contributed by atoms with Crippen LogP contribution in [0.5, 0.6) is 0 Å². The maximum atomic E-state index is 11.4. The van der Waals surface area contributed by atoms with E-state index in [1.165, 1.54) is 0 Å². The lowest BCUT2D eigenvalue weighted by Crippen LogP contribution is -2.11. The summed E-state index contributed by atoms with van der Waals surface area (Å²) in [6.45, 7) is 1.87. The van der Waals surface area contributed by atoms with E-state index < -0.39 is 10.0 Å². The van der Waals surface area contributed by atoms with Crippen LogP contribution < -0.4 is 5.14 Å². The van der Waals surface area contributed by atoms with Crippen LogP contribution in [0.4, 0.5) is 0 Å². The van der Waals surface area contributed by atoms with Gasteiger partial charge >= 0.3 is 0 Å². The Kier molecular flexibility index (Phi) is 2.09. The largest absolute Gasteiger partial charge is 0.349 e. The molecule has 15 heavy (non-hydrogen) atoms. The van der Waals surface area contributed by atoms with Gasteiger partial charge in [0.25, 0.3) is 0 Å². The molecule has 0 spiro atoms. The lowest BCUT2D eigenvalue weighted by atomic mass is 10.1. The number of aromatic nitrogens is 1. The third-order valence-electron chi connectivity index (χ3n) is 2.49. The molecule has 0 saturated carbocycles. The van der Waals surface area contributed by atoms with E-state index in [-0.39, 0.29) is 4.90 Å². The van der Waals surface area contributed by atoms with Crippen molar-refractivity contribution < 1.29 is 8.42 Å². The van der Waals surface area contributed by atoms with Gasteiger partial charge in [-0.05, 0) is 18.6 Å². The monoisotopic (exact) mass is 224 g/mol. The molecule has 1 heterocycles. The number of benzene rings is 1. The first kappa shape index (κ1) is 10.2. The van der Waals surface area contributed by atoms with Crippen LogP contribution in [0, 0.1) is 6.92 Å². The first-order chi connectivity index (χ1) is 6.91. The summed E-state index contributed by atoms with van der Waals surface area (Å²) < 4.78 is 24.5. The summed E-state index contributed by atoms with van der Waals surface area (Å²) in [5.74, 6) is 0. The Labute approximate surface area is 88.4 Å². The Hall–Kier alpha value is -1.33. The molecule has 2 aromatic rings. The van der Waals surface area contributed by atoms with Crippen molar-refractivity contribution in [3.63, 3.8) is 0 Å². The summed E-state index contributed by atoms with van der Waals surface area (Å²) in [5.41, 5.74) is 1.79. The fourth-order valence-corrected chi connectivity index (χ4v) is 2.65. The van der Waals surface area contributed by atoms with Gasteiger partial charge in [-0.15, -0.1) is 0 Å². The van der Waals surface area contributed by atoms with E-state index in [2.05, 4.69) is 0 Å². The second-order valence-corrected chi connectivity index (χ2v) is 5.15. The van der Waals surface area contributed by atoms with Crippen molar-refractivity contribution in [1.29, 1.82) is 0 Å². The molecule has 0 unspecified atom stereocenters. The van der Waals surface area contributed by atoms with Crippen LogP contribution in [0.1, 0.15) is 5.56 Å². The van der Waals surface area contributed by atoms with E-state index in [0.717, 1.165) is 11.1 Å². The molecule has 4 nitrogen and oxygen atoms in total. The van der Waals surface area contributed by atoms with E-state index in [4.69, 9.17) is 5.14 Å². The summed E-state index contributed by atoms with van der Waals surface area (Å²) in [5, 5.41) is 5.87. The van der Waals surface area contributed by atoms with Crippen LogP contribution in [0.3, 0.4) is 0 Å². The summed E-state index contributed by atoms with van der Waals surface area (Å²) in [6.07, 6.45) is 1.55. The topological polar surface area (TPSA) is 65.1 Å². The zero-order valence-electron chi connectivity index (χ0n) is 8.56. The molecule has 0 aliphatic carbocycles. The first-order valence-electron chi connectivity index (χ1n) is 4.48. The zero-order chi connectivity index (χ0) is 11.2. The molecular weight excluding hydrogens is 212 g/mol. The quantitative estimate of drug-likeness (QED) is 0.789. The maximum Gasteiger partial charge on any atom is 0.240 e. The lowest BCUT2D eigenvalue weighted by Gasteiger charge is -1.99. The molecule has 80 valence electrons. The van der Waals surface area contributed by atoms with Gasteiger partial charge in [-0.25, -0.2) is 13.6 Å². The Morgan fingerprint density at radius 1 is 1.33 bits per heavy atom. The molecule has 0 amide bonds. The minimum Gasteiger partial charge on any atom is -0.349 e. The van der Waals surface area contributed by atoms with E-state index in [9.17, 15) is 8.42 Å². The third kappa shape index (κ3) is 1.53. The smallest absolute Gasteiger partial charge is 0.240 e. The fraction of sp³-hybridized carbons (Fsp3) is 0.200. The number of hydrogen-bond acceptors (Lipinski definition) is 2. The number of primary sulfonamides is 1. The van der Waals surface area contributed by atoms with Gasteiger partial charge in [-0.1, -0.05) is 12.1 Å². The van der Waals surface area contributed by atoms with E-state index in [1.807, 2.05) is 25.1 Å². The summed E-state index contributed by atoms with van der Waals surface area (Å²) in [6, 6.07) is 5.64. The minimum absolute atomic E-state index is 0.193. The average Bonchev–Trinajstić information content (AvgIpc) is 2.45. The number of nitrogens with zero attached hydrogens (tertiary/aromatic N) is 1. The molecule has 2 rings (SSSR count). The van der Waals surface area contributed by atoms with Gasteiger partial charge in [0, 0.05) is 24.1 Å². The number of fused-ring (bicyclic) bond motifs is 1. The van der Waals surface area contributed by atoms with E-state index in [0.29, 0.717) is 5.39 Å². The molecule has 0 radical (unpaired) electrons. The van der Waals surface area contributed by atoms with Crippen LogP contribution in [0.25, 0.3) is 10.9 Å². The molecule has 1 aromatic carbocycles. The minimum atomic E-state index is -3.65. The normalized spacial score (nSPS) is 12.2.